The number of nitrogens with two attached hydrogens (primary N) is 2. The SMILES string of the molecule is CN(N)C(=O)N(C)C(O)N(C)N. The molecule has 0 rings (SSSR count). The molecule has 2 amide bonds. The van der Waals surface area contributed by atoms with Gasteiger partial charge < -0.3 is 5.11 Å². The van der Waals surface area contributed by atoms with Crippen LogP contribution in [-0.4, -0.2) is 53.6 Å². The van der Waals surface area contributed by atoms with Crippen molar-refractivity contribution in [1.29, 1.82) is 0 Å². The molecule has 0 bridgehead atoms. The number of rotatable bonds is 2. The smallest absolute Gasteiger partial charge is 0.336 e. The van der Waals surface area contributed by atoms with Crippen LogP contribution >= 0.6 is 0 Å². The van der Waals surface area contributed by atoms with Gasteiger partial charge in [0.15, 0.2) is 0 Å². The first-order chi connectivity index (χ1) is 5.37. The number of aliphatic hydroxyl groups is 1. The Hall–Kier alpha value is -0.890. The van der Waals surface area contributed by atoms with Crippen LogP contribution in [0.5, 0.6) is 0 Å². The van der Waals surface area contributed by atoms with Gasteiger partial charge in [0.25, 0.3) is 0 Å². The Bertz CT molecular complexity index is 160. The number of amides is 2. The van der Waals surface area contributed by atoms with Crippen LogP contribution in [0.25, 0.3) is 0 Å². The normalized spacial score (nSPS) is 12.9. The maximum absolute atomic E-state index is 11.1. The quantitative estimate of drug-likeness (QED) is 0.195. The second-order valence-corrected chi connectivity index (χ2v) is 2.52. The molecule has 12 heavy (non-hydrogen) atoms. The third kappa shape index (κ3) is 2.62. The first-order valence-electron chi connectivity index (χ1n) is 3.28. The summed E-state index contributed by atoms with van der Waals surface area (Å²) in [7, 11) is 4.20. The summed E-state index contributed by atoms with van der Waals surface area (Å²) in [5.41, 5.74) is 0. The molecule has 1 unspecified atom stereocenters. The molecule has 0 saturated heterocycles. The zero-order valence-corrected chi connectivity index (χ0v) is 7.43. The number of aliphatic hydroxyl groups excluding tert-OH is 1. The first-order valence-corrected chi connectivity index (χ1v) is 3.28. The summed E-state index contributed by atoms with van der Waals surface area (Å²) in [6, 6.07) is -0.528. The second kappa shape index (κ2) is 4.21. The summed E-state index contributed by atoms with van der Waals surface area (Å²) in [5, 5.41) is 11.1. The van der Waals surface area contributed by atoms with Crippen LogP contribution < -0.4 is 11.7 Å². The molecule has 0 spiro atoms. The minimum Gasteiger partial charge on any atom is -0.360 e. The molecular formula is C5H15N5O2. The number of hydrogen-bond donors (Lipinski definition) is 3. The molecule has 0 heterocycles. The summed E-state index contributed by atoms with van der Waals surface area (Å²) in [5.74, 6) is 10.4. The van der Waals surface area contributed by atoms with E-state index in [4.69, 9.17) is 11.7 Å². The van der Waals surface area contributed by atoms with E-state index >= 15 is 0 Å². The predicted octanol–water partition coefficient (Wildman–Crippen LogP) is -2.07. The van der Waals surface area contributed by atoms with Gasteiger partial charge in [-0.25, -0.2) is 15.6 Å². The van der Waals surface area contributed by atoms with Gasteiger partial charge in [0.1, 0.15) is 0 Å². The number of hydrazine groups is 2. The molecule has 0 radical (unpaired) electrons. The summed E-state index contributed by atoms with van der Waals surface area (Å²) in [4.78, 5) is 12.1. The molecule has 0 saturated carbocycles. The standard InChI is InChI=1S/C5H15N5O2/c1-8(4(11)9(2)6)5(12)10(3)7/h4,11H,6-7H2,1-3H3. The third-order valence-corrected chi connectivity index (χ3v) is 1.31. The monoisotopic (exact) mass is 177 g/mol. The van der Waals surface area contributed by atoms with Gasteiger partial charge in [0, 0.05) is 21.1 Å². The average molecular weight is 177 g/mol. The number of carbonyl (C=O) groups excluding carboxylic acids is 1. The molecule has 0 aliphatic carbocycles. The molecule has 7 nitrogen and oxygen atoms in total. The highest BCUT2D eigenvalue weighted by Gasteiger charge is 2.20. The Balaban J connectivity index is 4.19. The van der Waals surface area contributed by atoms with E-state index in [-0.39, 0.29) is 0 Å². The van der Waals surface area contributed by atoms with Crippen LogP contribution in [0.3, 0.4) is 0 Å². The molecule has 5 N–H and O–H groups in total. The van der Waals surface area contributed by atoms with E-state index in [0.29, 0.717) is 0 Å². The van der Waals surface area contributed by atoms with Crippen molar-refractivity contribution in [2.45, 2.75) is 6.35 Å². The van der Waals surface area contributed by atoms with Crippen molar-refractivity contribution in [2.75, 3.05) is 21.1 Å². The Morgan fingerprint density at radius 1 is 1.33 bits per heavy atom. The van der Waals surface area contributed by atoms with Gasteiger partial charge in [0.2, 0.25) is 6.35 Å². The summed E-state index contributed by atoms with van der Waals surface area (Å²) < 4.78 is 0. The zero-order chi connectivity index (χ0) is 9.89. The lowest BCUT2D eigenvalue weighted by molar-refractivity contribution is -0.0729. The molecule has 0 aromatic carbocycles. The van der Waals surface area contributed by atoms with Crippen LogP contribution in [0.2, 0.25) is 0 Å². The lowest BCUT2D eigenvalue weighted by Gasteiger charge is -2.29. The van der Waals surface area contributed by atoms with E-state index in [1.54, 1.807) is 0 Å². The van der Waals surface area contributed by atoms with E-state index in [0.717, 1.165) is 14.9 Å². The van der Waals surface area contributed by atoms with Gasteiger partial charge in [0.05, 0.1) is 0 Å². The lowest BCUT2D eigenvalue weighted by atomic mass is 10.7. The van der Waals surface area contributed by atoms with Gasteiger partial charge in [-0.15, -0.1) is 0 Å². The number of nitrogens with zero attached hydrogens (tertiary/aromatic N) is 3. The van der Waals surface area contributed by atoms with E-state index in [2.05, 4.69) is 0 Å². The van der Waals surface area contributed by atoms with Crippen molar-refractivity contribution >= 4 is 6.03 Å². The van der Waals surface area contributed by atoms with Gasteiger partial charge in [-0.3, -0.25) is 15.8 Å². The van der Waals surface area contributed by atoms with Gasteiger partial charge in [-0.2, -0.15) is 0 Å². The Morgan fingerprint density at radius 3 is 2.00 bits per heavy atom. The number of hydrogen-bond acceptors (Lipinski definition) is 5. The van der Waals surface area contributed by atoms with E-state index in [1.165, 1.54) is 21.1 Å². The van der Waals surface area contributed by atoms with Crippen LogP contribution in [0.1, 0.15) is 0 Å². The van der Waals surface area contributed by atoms with Crippen molar-refractivity contribution < 1.29 is 9.90 Å². The topological polar surface area (TPSA) is 99.1 Å². The fraction of sp³-hybridized carbons (Fsp3) is 0.800. The molecule has 1 atom stereocenters. The van der Waals surface area contributed by atoms with Gasteiger partial charge >= 0.3 is 6.03 Å². The van der Waals surface area contributed by atoms with Crippen molar-refractivity contribution in [2.24, 2.45) is 11.7 Å². The Morgan fingerprint density at radius 2 is 1.75 bits per heavy atom. The molecule has 72 valence electrons. The zero-order valence-electron chi connectivity index (χ0n) is 7.43. The summed E-state index contributed by atoms with van der Waals surface area (Å²) in [6.45, 7) is 0. The molecule has 0 aliphatic rings. The minimum atomic E-state index is -1.18. The number of carbonyl (C=O) groups is 1. The molecule has 7 heteroatoms. The largest absolute Gasteiger partial charge is 0.360 e. The van der Waals surface area contributed by atoms with Crippen molar-refractivity contribution in [3.8, 4) is 0 Å². The van der Waals surface area contributed by atoms with Crippen molar-refractivity contribution in [3.63, 3.8) is 0 Å². The summed E-state index contributed by atoms with van der Waals surface area (Å²) >= 11 is 0. The second-order valence-electron chi connectivity index (χ2n) is 2.52. The molecule has 0 aromatic heterocycles. The third-order valence-electron chi connectivity index (χ3n) is 1.31. The molecule has 0 aromatic rings. The van der Waals surface area contributed by atoms with E-state index < -0.39 is 12.4 Å². The summed E-state index contributed by atoms with van der Waals surface area (Å²) in [6.07, 6.45) is -1.18. The average Bonchev–Trinajstić information content (AvgIpc) is 2.00. The molecule has 0 fully saturated rings. The predicted molar refractivity (Wildman–Crippen MR) is 43.1 cm³/mol. The van der Waals surface area contributed by atoms with Crippen molar-refractivity contribution in [3.05, 3.63) is 0 Å². The van der Waals surface area contributed by atoms with Gasteiger partial charge in [-0.1, -0.05) is 0 Å². The van der Waals surface area contributed by atoms with Crippen LogP contribution in [0.15, 0.2) is 0 Å². The highest BCUT2D eigenvalue weighted by atomic mass is 16.3. The van der Waals surface area contributed by atoms with Crippen LogP contribution in [0, 0.1) is 0 Å². The highest BCUT2D eigenvalue weighted by molar-refractivity contribution is 5.73. The number of urea groups is 1. The lowest BCUT2D eigenvalue weighted by Crippen LogP contribution is -2.54. The Kier molecular flexibility index (Phi) is 3.90. The molecule has 0 aliphatic heterocycles. The van der Waals surface area contributed by atoms with Crippen molar-refractivity contribution in [1.82, 2.24) is 14.9 Å². The van der Waals surface area contributed by atoms with E-state index in [1.807, 2.05) is 0 Å². The van der Waals surface area contributed by atoms with Crippen LogP contribution in [0.4, 0.5) is 4.79 Å². The fourth-order valence-corrected chi connectivity index (χ4v) is 0.621. The highest BCUT2D eigenvalue weighted by Crippen LogP contribution is 1.96. The minimum absolute atomic E-state index is 0.528. The fourth-order valence-electron chi connectivity index (χ4n) is 0.621. The maximum atomic E-state index is 11.1. The molecular weight excluding hydrogens is 162 g/mol. The van der Waals surface area contributed by atoms with Gasteiger partial charge in [-0.05, 0) is 0 Å². The Labute approximate surface area is 71.1 Å². The first kappa shape index (κ1) is 11.1. The van der Waals surface area contributed by atoms with E-state index in [9.17, 15) is 9.90 Å². The maximum Gasteiger partial charge on any atom is 0.336 e. The van der Waals surface area contributed by atoms with Crippen LogP contribution in [-0.2, 0) is 0 Å².